The fourth-order valence-electron chi connectivity index (χ4n) is 2.83. The fraction of sp³-hybridized carbons (Fsp3) is 0.0909. The molecule has 4 heteroatoms. The summed E-state index contributed by atoms with van der Waals surface area (Å²) in [6.45, 7) is 3.31. The molecule has 130 valence electrons. The highest BCUT2D eigenvalue weighted by atomic mass is 19.1. The SMILES string of the molecule is CC(=O)N(c1ccc(F)cc1)c1cc(C(=O)c2ccccc2)ccc1C. The van der Waals surface area contributed by atoms with E-state index in [1.54, 1.807) is 36.4 Å². The minimum absolute atomic E-state index is 0.116. The first-order valence-electron chi connectivity index (χ1n) is 8.24. The van der Waals surface area contributed by atoms with Crippen LogP contribution in [0.3, 0.4) is 0 Å². The van der Waals surface area contributed by atoms with E-state index in [1.807, 2.05) is 31.2 Å². The zero-order chi connectivity index (χ0) is 18.7. The molecule has 0 saturated heterocycles. The summed E-state index contributed by atoms with van der Waals surface area (Å²) in [4.78, 5) is 26.5. The molecule has 0 N–H and O–H groups in total. The van der Waals surface area contributed by atoms with Crippen molar-refractivity contribution in [3.63, 3.8) is 0 Å². The van der Waals surface area contributed by atoms with Crippen molar-refractivity contribution in [2.75, 3.05) is 4.90 Å². The summed E-state index contributed by atoms with van der Waals surface area (Å²) < 4.78 is 13.2. The maximum atomic E-state index is 13.2. The van der Waals surface area contributed by atoms with Gasteiger partial charge >= 0.3 is 0 Å². The molecule has 0 saturated carbocycles. The molecule has 0 atom stereocenters. The van der Waals surface area contributed by atoms with E-state index in [4.69, 9.17) is 0 Å². The molecule has 3 aromatic carbocycles. The van der Waals surface area contributed by atoms with Gasteiger partial charge in [0.25, 0.3) is 0 Å². The second-order valence-electron chi connectivity index (χ2n) is 6.03. The molecular formula is C22H18FNO2. The van der Waals surface area contributed by atoms with Crippen molar-refractivity contribution in [1.82, 2.24) is 0 Å². The molecule has 26 heavy (non-hydrogen) atoms. The van der Waals surface area contributed by atoms with Gasteiger partial charge in [-0.15, -0.1) is 0 Å². The van der Waals surface area contributed by atoms with E-state index in [0.717, 1.165) is 5.56 Å². The summed E-state index contributed by atoms with van der Waals surface area (Å²) in [7, 11) is 0. The number of aryl methyl sites for hydroxylation is 1. The van der Waals surface area contributed by atoms with Crippen LogP contribution < -0.4 is 4.90 Å². The number of halogens is 1. The van der Waals surface area contributed by atoms with Crippen LogP contribution in [0.4, 0.5) is 15.8 Å². The van der Waals surface area contributed by atoms with Gasteiger partial charge in [0.1, 0.15) is 5.82 Å². The predicted molar refractivity (Wildman–Crippen MR) is 100 cm³/mol. The Morgan fingerprint density at radius 3 is 2.12 bits per heavy atom. The van der Waals surface area contributed by atoms with Crippen LogP contribution in [0.1, 0.15) is 28.4 Å². The highest BCUT2D eigenvalue weighted by molar-refractivity contribution is 6.10. The van der Waals surface area contributed by atoms with E-state index in [-0.39, 0.29) is 17.5 Å². The first kappa shape index (κ1) is 17.5. The van der Waals surface area contributed by atoms with Gasteiger partial charge in [0.15, 0.2) is 5.78 Å². The Hall–Kier alpha value is -3.27. The normalized spacial score (nSPS) is 10.4. The molecule has 0 unspecified atom stereocenters. The number of nitrogens with zero attached hydrogens (tertiary/aromatic N) is 1. The Bertz CT molecular complexity index is 950. The maximum absolute atomic E-state index is 13.2. The first-order chi connectivity index (χ1) is 12.5. The summed E-state index contributed by atoms with van der Waals surface area (Å²) in [6.07, 6.45) is 0. The summed E-state index contributed by atoms with van der Waals surface area (Å²) in [5.41, 5.74) is 3.06. The van der Waals surface area contributed by atoms with Crippen LogP contribution in [0.2, 0.25) is 0 Å². The van der Waals surface area contributed by atoms with E-state index < -0.39 is 0 Å². The van der Waals surface area contributed by atoms with E-state index in [9.17, 15) is 14.0 Å². The lowest BCUT2D eigenvalue weighted by Gasteiger charge is -2.24. The first-order valence-corrected chi connectivity index (χ1v) is 8.24. The van der Waals surface area contributed by atoms with Gasteiger partial charge in [0.2, 0.25) is 5.91 Å². The number of amides is 1. The Morgan fingerprint density at radius 2 is 1.50 bits per heavy atom. The predicted octanol–water partition coefficient (Wildman–Crippen LogP) is 5.05. The molecular weight excluding hydrogens is 329 g/mol. The number of benzene rings is 3. The Morgan fingerprint density at radius 1 is 0.846 bits per heavy atom. The summed E-state index contributed by atoms with van der Waals surface area (Å²) in [5, 5.41) is 0. The maximum Gasteiger partial charge on any atom is 0.228 e. The average molecular weight is 347 g/mol. The lowest BCUT2D eigenvalue weighted by Crippen LogP contribution is -2.24. The third-order valence-corrected chi connectivity index (χ3v) is 4.15. The number of rotatable bonds is 4. The lowest BCUT2D eigenvalue weighted by molar-refractivity contribution is -0.115. The summed E-state index contributed by atoms with van der Waals surface area (Å²) in [6, 6.07) is 19.9. The van der Waals surface area contributed by atoms with Crippen LogP contribution in [-0.2, 0) is 4.79 Å². The van der Waals surface area contributed by atoms with Crippen molar-refractivity contribution in [3.8, 4) is 0 Å². The van der Waals surface area contributed by atoms with Gasteiger partial charge < -0.3 is 0 Å². The van der Waals surface area contributed by atoms with Gasteiger partial charge in [0.05, 0.1) is 5.69 Å². The Kier molecular flexibility index (Phi) is 4.94. The van der Waals surface area contributed by atoms with Gasteiger partial charge in [-0.05, 0) is 42.8 Å². The number of hydrogen-bond donors (Lipinski definition) is 0. The molecule has 0 aliphatic heterocycles. The van der Waals surface area contributed by atoms with E-state index >= 15 is 0 Å². The van der Waals surface area contributed by atoms with Crippen molar-refractivity contribution < 1.29 is 14.0 Å². The van der Waals surface area contributed by atoms with Crippen LogP contribution in [0.5, 0.6) is 0 Å². The largest absolute Gasteiger partial charge is 0.289 e. The molecule has 3 rings (SSSR count). The molecule has 0 fully saturated rings. The smallest absolute Gasteiger partial charge is 0.228 e. The number of anilines is 2. The second-order valence-corrected chi connectivity index (χ2v) is 6.03. The molecule has 0 aromatic heterocycles. The number of ketones is 1. The molecule has 0 bridgehead atoms. The van der Waals surface area contributed by atoms with Gasteiger partial charge in [-0.1, -0.05) is 42.5 Å². The monoisotopic (exact) mass is 347 g/mol. The number of carbonyl (C=O) groups is 2. The third kappa shape index (κ3) is 3.54. The van der Waals surface area contributed by atoms with Crippen LogP contribution in [0.15, 0.2) is 72.8 Å². The van der Waals surface area contributed by atoms with Gasteiger partial charge in [-0.2, -0.15) is 0 Å². The molecule has 1 amide bonds. The van der Waals surface area contributed by atoms with Crippen molar-refractivity contribution in [1.29, 1.82) is 0 Å². The molecule has 0 aliphatic carbocycles. The number of hydrogen-bond acceptors (Lipinski definition) is 2. The quantitative estimate of drug-likeness (QED) is 0.619. The average Bonchev–Trinajstić information content (AvgIpc) is 2.65. The molecule has 0 aliphatic rings. The summed E-state index contributed by atoms with van der Waals surface area (Å²) in [5.74, 6) is -0.708. The second kappa shape index (κ2) is 7.31. The zero-order valence-corrected chi connectivity index (χ0v) is 14.6. The highest BCUT2D eigenvalue weighted by Crippen LogP contribution is 2.30. The zero-order valence-electron chi connectivity index (χ0n) is 14.6. The van der Waals surface area contributed by atoms with Gasteiger partial charge in [-0.3, -0.25) is 14.5 Å². The van der Waals surface area contributed by atoms with Crippen LogP contribution >= 0.6 is 0 Å². The van der Waals surface area contributed by atoms with Crippen LogP contribution in [0, 0.1) is 12.7 Å². The van der Waals surface area contributed by atoms with Crippen molar-refractivity contribution in [3.05, 3.63) is 95.3 Å². The fourth-order valence-corrected chi connectivity index (χ4v) is 2.83. The van der Waals surface area contributed by atoms with E-state index in [0.29, 0.717) is 22.5 Å². The molecule has 0 spiro atoms. The van der Waals surface area contributed by atoms with Crippen molar-refractivity contribution >= 4 is 23.1 Å². The Balaban J connectivity index is 2.07. The third-order valence-electron chi connectivity index (χ3n) is 4.15. The standard InChI is InChI=1S/C22H18FNO2/c1-15-8-9-18(22(26)17-6-4-3-5-7-17)14-21(15)24(16(2)25)20-12-10-19(23)11-13-20/h3-14H,1-2H3. The molecule has 3 aromatic rings. The highest BCUT2D eigenvalue weighted by Gasteiger charge is 2.19. The number of carbonyl (C=O) groups excluding carboxylic acids is 2. The summed E-state index contributed by atoms with van der Waals surface area (Å²) >= 11 is 0. The molecule has 0 radical (unpaired) electrons. The van der Waals surface area contributed by atoms with Crippen LogP contribution in [0.25, 0.3) is 0 Å². The van der Waals surface area contributed by atoms with E-state index in [1.165, 1.54) is 24.0 Å². The van der Waals surface area contributed by atoms with Crippen LogP contribution in [-0.4, -0.2) is 11.7 Å². The van der Waals surface area contributed by atoms with Gasteiger partial charge in [0, 0.05) is 23.7 Å². The molecule has 0 heterocycles. The minimum atomic E-state index is -0.373. The lowest BCUT2D eigenvalue weighted by atomic mass is 10.0. The van der Waals surface area contributed by atoms with E-state index in [2.05, 4.69) is 0 Å². The van der Waals surface area contributed by atoms with Crippen molar-refractivity contribution in [2.24, 2.45) is 0 Å². The topological polar surface area (TPSA) is 37.4 Å². The van der Waals surface area contributed by atoms with Gasteiger partial charge in [-0.25, -0.2) is 4.39 Å². The molecule has 3 nitrogen and oxygen atoms in total. The van der Waals surface area contributed by atoms with Crippen molar-refractivity contribution in [2.45, 2.75) is 13.8 Å². The Labute approximate surface area is 151 Å². The minimum Gasteiger partial charge on any atom is -0.289 e.